The van der Waals surface area contributed by atoms with E-state index >= 15 is 0 Å². The molecule has 0 saturated carbocycles. The molecule has 0 amide bonds. The van der Waals surface area contributed by atoms with Crippen LogP contribution in [0.25, 0.3) is 5.69 Å². The maximum atomic E-state index is 4.81. The quantitative estimate of drug-likeness (QED) is 0.699. The van der Waals surface area contributed by atoms with Gasteiger partial charge in [0.2, 0.25) is 0 Å². The van der Waals surface area contributed by atoms with Crippen LogP contribution in [0, 0.1) is 20.8 Å². The number of para-hydroxylation sites is 1. The van der Waals surface area contributed by atoms with Crippen molar-refractivity contribution in [3.63, 3.8) is 0 Å². The Hall–Kier alpha value is -2.59. The largest absolute Gasteiger partial charge is 0.366 e. The molecule has 4 nitrogen and oxygen atoms in total. The van der Waals surface area contributed by atoms with Crippen LogP contribution in [0.1, 0.15) is 22.5 Å². The Morgan fingerprint density at radius 3 is 2.15 bits per heavy atom. The summed E-state index contributed by atoms with van der Waals surface area (Å²) in [6.45, 7) is 11.8. The maximum absolute atomic E-state index is 4.81. The zero-order valence-electron chi connectivity index (χ0n) is 16.5. The first-order valence-corrected chi connectivity index (χ1v) is 9.76. The van der Waals surface area contributed by atoms with Crippen molar-refractivity contribution < 1.29 is 0 Å². The highest BCUT2D eigenvalue weighted by Crippen LogP contribution is 2.27. The van der Waals surface area contributed by atoms with Crippen LogP contribution in [0.3, 0.4) is 0 Å². The molecular formula is C23H28N4. The number of hydrogen-bond acceptors (Lipinski definition) is 3. The highest BCUT2D eigenvalue weighted by molar-refractivity contribution is 5.57. The lowest BCUT2D eigenvalue weighted by Gasteiger charge is -2.36. The van der Waals surface area contributed by atoms with E-state index < -0.39 is 0 Å². The number of rotatable bonds is 4. The van der Waals surface area contributed by atoms with Crippen molar-refractivity contribution in [3.8, 4) is 5.69 Å². The molecule has 0 unspecified atom stereocenters. The van der Waals surface area contributed by atoms with E-state index in [4.69, 9.17) is 5.10 Å². The van der Waals surface area contributed by atoms with Crippen LogP contribution in [0.2, 0.25) is 0 Å². The van der Waals surface area contributed by atoms with Gasteiger partial charge in [-0.05, 0) is 38.5 Å². The minimum Gasteiger partial charge on any atom is -0.366 e. The SMILES string of the molecule is Cc1ccc(CN2CCN(c3c(C)nn(-c4ccccc4)c3C)CC2)cc1. The van der Waals surface area contributed by atoms with Crippen molar-refractivity contribution in [1.82, 2.24) is 14.7 Å². The molecule has 4 heteroatoms. The Kier molecular flexibility index (Phi) is 4.99. The normalized spacial score (nSPS) is 15.3. The summed E-state index contributed by atoms with van der Waals surface area (Å²) in [4.78, 5) is 5.05. The van der Waals surface area contributed by atoms with E-state index in [9.17, 15) is 0 Å². The molecule has 0 radical (unpaired) electrons. The Bertz CT molecular complexity index is 888. The number of hydrogen-bond donors (Lipinski definition) is 0. The second kappa shape index (κ2) is 7.57. The van der Waals surface area contributed by atoms with Crippen molar-refractivity contribution in [1.29, 1.82) is 0 Å². The third-order valence-electron chi connectivity index (χ3n) is 5.47. The molecule has 140 valence electrons. The first-order chi connectivity index (χ1) is 13.1. The van der Waals surface area contributed by atoms with E-state index in [1.165, 1.54) is 22.5 Å². The minimum atomic E-state index is 1.04. The van der Waals surface area contributed by atoms with Gasteiger partial charge >= 0.3 is 0 Å². The first-order valence-electron chi connectivity index (χ1n) is 9.76. The summed E-state index contributed by atoms with van der Waals surface area (Å²) >= 11 is 0. The number of benzene rings is 2. The number of anilines is 1. The van der Waals surface area contributed by atoms with Gasteiger partial charge in [-0.25, -0.2) is 4.68 Å². The van der Waals surface area contributed by atoms with Crippen molar-refractivity contribution in [2.75, 3.05) is 31.1 Å². The fraction of sp³-hybridized carbons (Fsp3) is 0.348. The van der Waals surface area contributed by atoms with Crippen LogP contribution >= 0.6 is 0 Å². The predicted octanol–water partition coefficient (Wildman–Crippen LogP) is 4.12. The summed E-state index contributed by atoms with van der Waals surface area (Å²) in [5.74, 6) is 0. The van der Waals surface area contributed by atoms with Crippen LogP contribution in [0.5, 0.6) is 0 Å². The zero-order chi connectivity index (χ0) is 18.8. The predicted molar refractivity (Wildman–Crippen MR) is 112 cm³/mol. The summed E-state index contributed by atoms with van der Waals surface area (Å²) in [6, 6.07) is 19.3. The molecule has 0 atom stereocenters. The van der Waals surface area contributed by atoms with Gasteiger partial charge < -0.3 is 4.90 Å². The third kappa shape index (κ3) is 3.76. The minimum absolute atomic E-state index is 1.04. The van der Waals surface area contributed by atoms with E-state index in [2.05, 4.69) is 83.8 Å². The zero-order valence-corrected chi connectivity index (χ0v) is 16.5. The summed E-state index contributed by atoms with van der Waals surface area (Å²) in [5.41, 5.74) is 7.49. The molecule has 4 rings (SSSR count). The average molecular weight is 361 g/mol. The van der Waals surface area contributed by atoms with Gasteiger partial charge in [-0.15, -0.1) is 0 Å². The van der Waals surface area contributed by atoms with Crippen molar-refractivity contribution in [2.24, 2.45) is 0 Å². The maximum Gasteiger partial charge on any atom is 0.0834 e. The summed E-state index contributed by atoms with van der Waals surface area (Å²) in [6.07, 6.45) is 0. The van der Waals surface area contributed by atoms with Gasteiger partial charge in [-0.2, -0.15) is 5.10 Å². The van der Waals surface area contributed by atoms with E-state index in [0.717, 1.165) is 44.1 Å². The topological polar surface area (TPSA) is 24.3 Å². The monoisotopic (exact) mass is 360 g/mol. The molecule has 0 aliphatic carbocycles. The van der Waals surface area contributed by atoms with Crippen LogP contribution in [-0.2, 0) is 6.54 Å². The summed E-state index contributed by atoms with van der Waals surface area (Å²) < 4.78 is 2.07. The highest BCUT2D eigenvalue weighted by Gasteiger charge is 2.23. The van der Waals surface area contributed by atoms with Crippen molar-refractivity contribution in [2.45, 2.75) is 27.3 Å². The van der Waals surface area contributed by atoms with Crippen LogP contribution in [0.4, 0.5) is 5.69 Å². The lowest BCUT2D eigenvalue weighted by Crippen LogP contribution is -2.46. The van der Waals surface area contributed by atoms with Gasteiger partial charge in [0.15, 0.2) is 0 Å². The second-order valence-electron chi connectivity index (χ2n) is 7.52. The average Bonchev–Trinajstić information content (AvgIpc) is 2.99. The van der Waals surface area contributed by atoms with Gasteiger partial charge in [0.25, 0.3) is 0 Å². The molecule has 1 aliphatic heterocycles. The summed E-state index contributed by atoms with van der Waals surface area (Å²) in [5, 5.41) is 4.81. The van der Waals surface area contributed by atoms with E-state index in [-0.39, 0.29) is 0 Å². The fourth-order valence-electron chi connectivity index (χ4n) is 3.99. The molecule has 1 aromatic heterocycles. The molecule has 1 fully saturated rings. The Balaban J connectivity index is 1.45. The van der Waals surface area contributed by atoms with Gasteiger partial charge in [-0.3, -0.25) is 4.90 Å². The van der Waals surface area contributed by atoms with Gasteiger partial charge in [-0.1, -0.05) is 48.0 Å². The molecule has 27 heavy (non-hydrogen) atoms. The Morgan fingerprint density at radius 2 is 1.48 bits per heavy atom. The van der Waals surface area contributed by atoms with E-state index in [1.54, 1.807) is 0 Å². The second-order valence-corrected chi connectivity index (χ2v) is 7.52. The third-order valence-corrected chi connectivity index (χ3v) is 5.47. The number of aromatic nitrogens is 2. The van der Waals surface area contributed by atoms with Gasteiger partial charge in [0.05, 0.1) is 22.8 Å². The van der Waals surface area contributed by atoms with Gasteiger partial charge in [0, 0.05) is 32.7 Å². The standard InChI is InChI=1S/C23H28N4/c1-18-9-11-21(12-10-18)17-25-13-15-26(16-14-25)23-19(2)24-27(20(23)3)22-7-5-4-6-8-22/h4-12H,13-17H2,1-3H3. The number of nitrogens with zero attached hydrogens (tertiary/aromatic N) is 4. The lowest BCUT2D eigenvalue weighted by molar-refractivity contribution is 0.249. The lowest BCUT2D eigenvalue weighted by atomic mass is 10.1. The molecule has 1 aliphatic rings. The van der Waals surface area contributed by atoms with Crippen molar-refractivity contribution in [3.05, 3.63) is 77.1 Å². The molecule has 0 spiro atoms. The molecule has 0 bridgehead atoms. The summed E-state index contributed by atoms with van der Waals surface area (Å²) in [7, 11) is 0. The Labute approximate surface area is 162 Å². The first kappa shape index (κ1) is 17.8. The van der Waals surface area contributed by atoms with Gasteiger partial charge in [0.1, 0.15) is 0 Å². The molecule has 2 heterocycles. The number of piperazine rings is 1. The van der Waals surface area contributed by atoms with Crippen LogP contribution in [-0.4, -0.2) is 40.9 Å². The molecule has 2 aromatic carbocycles. The highest BCUT2D eigenvalue weighted by atomic mass is 15.3. The number of aryl methyl sites for hydroxylation is 2. The fourth-order valence-corrected chi connectivity index (χ4v) is 3.99. The molecule has 0 N–H and O–H groups in total. The van der Waals surface area contributed by atoms with E-state index in [1.807, 2.05) is 6.07 Å². The molecule has 3 aromatic rings. The van der Waals surface area contributed by atoms with E-state index in [0.29, 0.717) is 0 Å². The molecule has 1 saturated heterocycles. The molecular weight excluding hydrogens is 332 g/mol. The van der Waals surface area contributed by atoms with Crippen LogP contribution in [0.15, 0.2) is 54.6 Å². The Morgan fingerprint density at radius 1 is 0.815 bits per heavy atom. The smallest absolute Gasteiger partial charge is 0.0834 e. The van der Waals surface area contributed by atoms with Crippen molar-refractivity contribution >= 4 is 5.69 Å². The van der Waals surface area contributed by atoms with Crippen LogP contribution < -0.4 is 4.90 Å².